The normalized spacial score (nSPS) is 23.2. The van der Waals surface area contributed by atoms with E-state index in [9.17, 15) is 9.18 Å². The molecule has 0 saturated carbocycles. The molecule has 2 aliphatic rings. The first-order valence-electron chi connectivity index (χ1n) is 7.77. The summed E-state index contributed by atoms with van der Waals surface area (Å²) in [6.45, 7) is 4.06. The predicted octanol–water partition coefficient (Wildman–Crippen LogP) is 1.62. The van der Waals surface area contributed by atoms with Crippen LogP contribution in [0, 0.1) is 5.82 Å². The number of carbonyl (C=O) groups is 1. The number of piperazine rings is 1. The van der Waals surface area contributed by atoms with Crippen molar-refractivity contribution in [2.45, 2.75) is 25.3 Å². The zero-order valence-corrected chi connectivity index (χ0v) is 12.2. The Bertz CT molecular complexity index is 477. The van der Waals surface area contributed by atoms with E-state index in [1.165, 1.54) is 18.6 Å². The second-order valence-electron chi connectivity index (χ2n) is 5.79. The van der Waals surface area contributed by atoms with Crippen LogP contribution in [0.15, 0.2) is 24.3 Å². The van der Waals surface area contributed by atoms with E-state index in [-0.39, 0.29) is 17.8 Å². The van der Waals surface area contributed by atoms with Gasteiger partial charge in [-0.3, -0.25) is 4.79 Å². The highest BCUT2D eigenvalue weighted by molar-refractivity contribution is 5.82. The van der Waals surface area contributed by atoms with E-state index < -0.39 is 0 Å². The lowest BCUT2D eigenvalue weighted by Gasteiger charge is -2.38. The van der Waals surface area contributed by atoms with Crippen LogP contribution in [-0.2, 0) is 4.79 Å². The summed E-state index contributed by atoms with van der Waals surface area (Å²) >= 11 is 0. The summed E-state index contributed by atoms with van der Waals surface area (Å²) in [7, 11) is 0. The fourth-order valence-corrected chi connectivity index (χ4v) is 3.12. The van der Waals surface area contributed by atoms with Gasteiger partial charge in [0.2, 0.25) is 5.91 Å². The van der Waals surface area contributed by atoms with Crippen LogP contribution < -0.4 is 10.2 Å². The van der Waals surface area contributed by atoms with Crippen LogP contribution in [0.25, 0.3) is 0 Å². The Kier molecular flexibility index (Phi) is 4.39. The maximum Gasteiger partial charge on any atom is 0.239 e. The Labute approximate surface area is 124 Å². The van der Waals surface area contributed by atoms with E-state index in [4.69, 9.17) is 0 Å². The third-order valence-corrected chi connectivity index (χ3v) is 4.39. The van der Waals surface area contributed by atoms with Gasteiger partial charge in [0.05, 0.1) is 6.04 Å². The molecular formula is C16H22FN3O. The van der Waals surface area contributed by atoms with E-state index in [1.54, 1.807) is 12.1 Å². The Morgan fingerprint density at radius 1 is 1.10 bits per heavy atom. The fourth-order valence-electron chi connectivity index (χ4n) is 3.12. The Balaban J connectivity index is 1.54. The van der Waals surface area contributed by atoms with Crippen molar-refractivity contribution in [1.29, 1.82) is 0 Å². The first-order valence-corrected chi connectivity index (χ1v) is 7.77. The quantitative estimate of drug-likeness (QED) is 0.899. The van der Waals surface area contributed by atoms with Crippen LogP contribution in [-0.4, -0.2) is 49.6 Å². The highest BCUT2D eigenvalue weighted by atomic mass is 19.1. The number of nitrogens with one attached hydrogen (secondary N) is 1. The summed E-state index contributed by atoms with van der Waals surface area (Å²) in [5.41, 5.74) is 1.03. The van der Waals surface area contributed by atoms with Crippen molar-refractivity contribution in [3.8, 4) is 0 Å². The molecule has 5 heteroatoms. The van der Waals surface area contributed by atoms with Gasteiger partial charge in [0, 0.05) is 31.9 Å². The number of hydrogen-bond donors (Lipinski definition) is 1. The number of piperidine rings is 1. The van der Waals surface area contributed by atoms with Crippen LogP contribution in [0.3, 0.4) is 0 Å². The Morgan fingerprint density at radius 3 is 2.43 bits per heavy atom. The van der Waals surface area contributed by atoms with Crippen LogP contribution in [0.1, 0.15) is 19.3 Å². The molecule has 0 aromatic heterocycles. The van der Waals surface area contributed by atoms with Crippen molar-refractivity contribution < 1.29 is 9.18 Å². The molecule has 3 rings (SSSR count). The summed E-state index contributed by atoms with van der Waals surface area (Å²) in [6.07, 6.45) is 3.26. The van der Waals surface area contributed by atoms with Crippen LogP contribution in [0.2, 0.25) is 0 Å². The molecule has 0 aliphatic carbocycles. The third kappa shape index (κ3) is 3.35. The van der Waals surface area contributed by atoms with E-state index in [0.29, 0.717) is 0 Å². The number of hydrogen-bond acceptors (Lipinski definition) is 3. The molecule has 0 radical (unpaired) electrons. The SMILES string of the molecule is O=C(C1CCCCN1)N1CCN(c2ccc(F)cc2)CC1. The molecule has 1 unspecified atom stereocenters. The van der Waals surface area contributed by atoms with E-state index in [2.05, 4.69) is 10.2 Å². The first kappa shape index (κ1) is 14.3. The highest BCUT2D eigenvalue weighted by Gasteiger charge is 2.28. The molecule has 4 nitrogen and oxygen atoms in total. The summed E-state index contributed by atoms with van der Waals surface area (Å²) in [6, 6.07) is 6.58. The van der Waals surface area contributed by atoms with Crippen molar-refractivity contribution in [2.24, 2.45) is 0 Å². The average molecular weight is 291 g/mol. The zero-order valence-electron chi connectivity index (χ0n) is 12.2. The molecule has 1 N–H and O–H groups in total. The zero-order chi connectivity index (χ0) is 14.7. The van der Waals surface area contributed by atoms with Gasteiger partial charge in [-0.1, -0.05) is 6.42 Å². The average Bonchev–Trinajstić information content (AvgIpc) is 2.56. The molecule has 1 aromatic rings. The molecule has 1 aromatic carbocycles. The third-order valence-electron chi connectivity index (χ3n) is 4.39. The van der Waals surface area contributed by atoms with Gasteiger partial charge < -0.3 is 15.1 Å². The minimum Gasteiger partial charge on any atom is -0.368 e. The minimum atomic E-state index is -0.212. The van der Waals surface area contributed by atoms with Gasteiger partial charge in [0.15, 0.2) is 0 Å². The molecular weight excluding hydrogens is 269 g/mol. The molecule has 1 atom stereocenters. The number of nitrogens with zero attached hydrogens (tertiary/aromatic N) is 2. The van der Waals surface area contributed by atoms with Gasteiger partial charge in [0.25, 0.3) is 0 Å². The minimum absolute atomic E-state index is 0.0103. The monoisotopic (exact) mass is 291 g/mol. The van der Waals surface area contributed by atoms with E-state index >= 15 is 0 Å². The maximum atomic E-state index is 12.9. The molecule has 2 aliphatic heterocycles. The lowest BCUT2D eigenvalue weighted by atomic mass is 10.0. The largest absolute Gasteiger partial charge is 0.368 e. The first-order chi connectivity index (χ1) is 10.2. The van der Waals surface area contributed by atoms with Crippen molar-refractivity contribution in [1.82, 2.24) is 10.2 Å². The number of halogens is 1. The van der Waals surface area contributed by atoms with Gasteiger partial charge in [-0.2, -0.15) is 0 Å². The molecule has 2 heterocycles. The lowest BCUT2D eigenvalue weighted by Crippen LogP contribution is -2.55. The van der Waals surface area contributed by atoms with Gasteiger partial charge in [-0.05, 0) is 43.7 Å². The maximum absolute atomic E-state index is 12.9. The van der Waals surface area contributed by atoms with Crippen molar-refractivity contribution in [3.63, 3.8) is 0 Å². The standard InChI is InChI=1S/C16H22FN3O/c17-13-4-6-14(7-5-13)19-9-11-20(12-10-19)16(21)15-3-1-2-8-18-15/h4-7,15,18H,1-3,8-12H2. The van der Waals surface area contributed by atoms with Crippen molar-refractivity contribution in [3.05, 3.63) is 30.1 Å². The summed E-state index contributed by atoms with van der Waals surface area (Å²) in [5.74, 6) is 0.0318. The number of benzene rings is 1. The molecule has 2 fully saturated rings. The van der Waals surface area contributed by atoms with E-state index in [0.717, 1.165) is 51.3 Å². The molecule has 1 amide bonds. The Hall–Kier alpha value is -1.62. The summed E-state index contributed by atoms with van der Waals surface area (Å²) < 4.78 is 12.9. The van der Waals surface area contributed by atoms with Crippen molar-refractivity contribution in [2.75, 3.05) is 37.6 Å². The molecule has 114 valence electrons. The lowest BCUT2D eigenvalue weighted by molar-refractivity contribution is -0.134. The molecule has 0 bridgehead atoms. The predicted molar refractivity (Wildman–Crippen MR) is 80.8 cm³/mol. The summed E-state index contributed by atoms with van der Waals surface area (Å²) in [4.78, 5) is 16.6. The highest BCUT2D eigenvalue weighted by Crippen LogP contribution is 2.18. The molecule has 21 heavy (non-hydrogen) atoms. The van der Waals surface area contributed by atoms with Gasteiger partial charge in [0.1, 0.15) is 5.82 Å². The number of carbonyl (C=O) groups excluding carboxylic acids is 1. The second kappa shape index (κ2) is 6.43. The number of rotatable bonds is 2. The van der Waals surface area contributed by atoms with Crippen LogP contribution >= 0.6 is 0 Å². The topological polar surface area (TPSA) is 35.6 Å². The van der Waals surface area contributed by atoms with Gasteiger partial charge >= 0.3 is 0 Å². The second-order valence-corrected chi connectivity index (χ2v) is 5.79. The van der Waals surface area contributed by atoms with Crippen molar-refractivity contribution >= 4 is 11.6 Å². The fraction of sp³-hybridized carbons (Fsp3) is 0.562. The molecule has 0 spiro atoms. The van der Waals surface area contributed by atoms with Gasteiger partial charge in [-0.15, -0.1) is 0 Å². The van der Waals surface area contributed by atoms with Gasteiger partial charge in [-0.25, -0.2) is 4.39 Å². The Morgan fingerprint density at radius 2 is 1.81 bits per heavy atom. The number of amides is 1. The number of anilines is 1. The summed E-state index contributed by atoms with van der Waals surface area (Å²) in [5, 5.41) is 3.32. The molecule has 2 saturated heterocycles. The van der Waals surface area contributed by atoms with E-state index in [1.807, 2.05) is 4.90 Å². The smallest absolute Gasteiger partial charge is 0.239 e. The van der Waals surface area contributed by atoms with Crippen LogP contribution in [0.5, 0.6) is 0 Å². The van der Waals surface area contributed by atoms with Crippen LogP contribution in [0.4, 0.5) is 10.1 Å².